The van der Waals surface area contributed by atoms with E-state index in [-0.39, 0.29) is 5.56 Å². The van der Waals surface area contributed by atoms with E-state index in [1.807, 2.05) is 6.26 Å². The molecule has 0 saturated carbocycles. The number of amides is 1. The monoisotopic (exact) mass is 327 g/mol. The Balaban J connectivity index is 1.93. The van der Waals surface area contributed by atoms with Crippen molar-refractivity contribution in [2.45, 2.75) is 13.6 Å². The number of anilines is 1. The molecule has 0 spiro atoms. The van der Waals surface area contributed by atoms with Crippen molar-refractivity contribution < 1.29 is 14.0 Å². The molecule has 2 heterocycles. The minimum Gasteiger partial charge on any atom is -0.318 e. The number of hydrogen-bond acceptors (Lipinski definition) is 7. The molecule has 0 aliphatic carbocycles. The van der Waals surface area contributed by atoms with Gasteiger partial charge in [0.05, 0.1) is 16.1 Å². The molecule has 1 amide bonds. The second-order valence-electron chi connectivity index (χ2n) is 3.75. The van der Waals surface area contributed by atoms with E-state index in [9.17, 15) is 14.0 Å². The molecule has 102 valence electrons. The summed E-state index contributed by atoms with van der Waals surface area (Å²) in [6.45, 7) is 0. The number of fused-ring (bicyclic) bond motifs is 1. The largest absolute Gasteiger partial charge is 0.318 e. The lowest BCUT2D eigenvalue weighted by Gasteiger charge is -2.03. The van der Waals surface area contributed by atoms with Gasteiger partial charge in [0, 0.05) is 0 Å². The van der Waals surface area contributed by atoms with Crippen LogP contribution in [0.4, 0.5) is 10.1 Å². The standard InChI is InChI=1S/C11H6FN3O2S3/c1-18-10-14-15-11(20-10)19-7-3-6-4(2-5(7)12)8(16)9(17)13-6/h2-3H,1H3,(H,13,16,17). The number of carbonyl (C=O) groups is 2. The summed E-state index contributed by atoms with van der Waals surface area (Å²) in [5.41, 5.74) is 0.400. The lowest BCUT2D eigenvalue weighted by molar-refractivity contribution is -0.112. The quantitative estimate of drug-likeness (QED) is 0.690. The molecule has 0 unspecified atom stereocenters. The lowest BCUT2D eigenvalue weighted by atomic mass is 10.1. The molecule has 1 N–H and O–H groups in total. The van der Waals surface area contributed by atoms with Crippen LogP contribution in [0.15, 0.2) is 25.7 Å². The molecule has 0 atom stereocenters. The third-order valence-corrected chi connectivity index (χ3v) is 5.51. The molecule has 1 aliphatic heterocycles. The van der Waals surface area contributed by atoms with Crippen LogP contribution in [0.3, 0.4) is 0 Å². The molecule has 0 fully saturated rings. The van der Waals surface area contributed by atoms with Gasteiger partial charge in [-0.1, -0.05) is 34.9 Å². The van der Waals surface area contributed by atoms with Crippen LogP contribution in [0.25, 0.3) is 0 Å². The number of nitrogens with one attached hydrogen (secondary N) is 1. The maximum absolute atomic E-state index is 14.0. The minimum absolute atomic E-state index is 0.0684. The second-order valence-corrected chi connectivity index (χ2v) is 7.07. The molecule has 0 saturated heterocycles. The highest BCUT2D eigenvalue weighted by Gasteiger charge is 2.29. The van der Waals surface area contributed by atoms with Crippen LogP contribution < -0.4 is 5.32 Å². The van der Waals surface area contributed by atoms with Crippen molar-refractivity contribution in [3.05, 3.63) is 23.5 Å². The Morgan fingerprint density at radius 3 is 2.70 bits per heavy atom. The SMILES string of the molecule is CSc1nnc(Sc2cc3c(cc2F)C(=O)C(=O)N3)s1. The summed E-state index contributed by atoms with van der Waals surface area (Å²) in [5, 5.41) is 10.3. The maximum atomic E-state index is 14.0. The van der Waals surface area contributed by atoms with Gasteiger partial charge in [-0.15, -0.1) is 10.2 Å². The van der Waals surface area contributed by atoms with Crippen molar-refractivity contribution in [2.24, 2.45) is 0 Å². The number of hydrogen-bond donors (Lipinski definition) is 1. The van der Waals surface area contributed by atoms with Gasteiger partial charge >= 0.3 is 0 Å². The summed E-state index contributed by atoms with van der Waals surface area (Å²) in [5.74, 6) is -2.00. The predicted octanol–water partition coefficient (Wildman–Crippen LogP) is 2.69. The zero-order valence-electron chi connectivity index (χ0n) is 9.97. The highest BCUT2D eigenvalue weighted by atomic mass is 32.2. The van der Waals surface area contributed by atoms with Gasteiger partial charge in [0.15, 0.2) is 8.68 Å². The van der Waals surface area contributed by atoms with Crippen LogP contribution in [0, 0.1) is 5.82 Å². The normalized spacial score (nSPS) is 13.5. The minimum atomic E-state index is -0.734. The summed E-state index contributed by atoms with van der Waals surface area (Å²) in [7, 11) is 0. The fourth-order valence-corrected chi connectivity index (χ4v) is 4.08. The van der Waals surface area contributed by atoms with Crippen molar-refractivity contribution >= 4 is 52.2 Å². The smallest absolute Gasteiger partial charge is 0.296 e. The van der Waals surface area contributed by atoms with E-state index >= 15 is 0 Å². The van der Waals surface area contributed by atoms with Crippen LogP contribution in [-0.4, -0.2) is 28.1 Å². The Morgan fingerprint density at radius 2 is 2.00 bits per heavy atom. The summed E-state index contributed by atoms with van der Waals surface area (Å²) < 4.78 is 15.3. The van der Waals surface area contributed by atoms with Crippen LogP contribution in [-0.2, 0) is 4.79 Å². The van der Waals surface area contributed by atoms with Crippen molar-refractivity contribution in [1.82, 2.24) is 10.2 Å². The summed E-state index contributed by atoms with van der Waals surface area (Å²) in [6.07, 6.45) is 1.88. The molecule has 9 heteroatoms. The maximum Gasteiger partial charge on any atom is 0.296 e. The molecule has 5 nitrogen and oxygen atoms in total. The topological polar surface area (TPSA) is 72.0 Å². The number of rotatable bonds is 3. The Hall–Kier alpha value is -1.45. The number of carbonyl (C=O) groups excluding carboxylic acids is 2. The number of halogens is 1. The van der Waals surface area contributed by atoms with Gasteiger partial charge in [0.1, 0.15) is 5.82 Å². The zero-order chi connectivity index (χ0) is 14.3. The zero-order valence-corrected chi connectivity index (χ0v) is 12.4. The molecule has 0 bridgehead atoms. The van der Waals surface area contributed by atoms with Crippen LogP contribution in [0.1, 0.15) is 10.4 Å². The molecule has 2 aromatic rings. The summed E-state index contributed by atoms with van der Waals surface area (Å²) in [6, 6.07) is 2.52. The van der Waals surface area contributed by atoms with Gasteiger partial charge in [-0.3, -0.25) is 9.59 Å². The number of nitrogens with zero attached hydrogens (tertiary/aromatic N) is 2. The molecule has 1 aliphatic rings. The van der Waals surface area contributed by atoms with Crippen LogP contribution >= 0.6 is 34.9 Å². The van der Waals surface area contributed by atoms with Crippen LogP contribution in [0.2, 0.25) is 0 Å². The number of ketones is 1. The van der Waals surface area contributed by atoms with E-state index < -0.39 is 17.5 Å². The van der Waals surface area contributed by atoms with E-state index in [1.54, 1.807) is 0 Å². The molecule has 3 rings (SSSR count). The van der Waals surface area contributed by atoms with Crippen molar-refractivity contribution in [1.29, 1.82) is 0 Å². The van der Waals surface area contributed by atoms with E-state index in [2.05, 4.69) is 15.5 Å². The lowest BCUT2D eigenvalue weighted by Crippen LogP contribution is -2.12. The van der Waals surface area contributed by atoms with E-state index in [0.29, 0.717) is 14.9 Å². The first-order valence-electron chi connectivity index (χ1n) is 5.33. The first kappa shape index (κ1) is 13.5. The van der Waals surface area contributed by atoms with Gasteiger partial charge in [-0.2, -0.15) is 0 Å². The first-order chi connectivity index (χ1) is 9.58. The Bertz CT molecular complexity index is 732. The van der Waals surface area contributed by atoms with Gasteiger partial charge < -0.3 is 5.32 Å². The number of Topliss-reactive ketones (excluding diaryl/α,β-unsaturated/α-hetero) is 1. The van der Waals surface area contributed by atoms with Crippen LogP contribution in [0.5, 0.6) is 0 Å². The number of thioether (sulfide) groups is 1. The van der Waals surface area contributed by atoms with Crippen molar-refractivity contribution in [3.63, 3.8) is 0 Å². The molecule has 1 aromatic carbocycles. The first-order valence-corrected chi connectivity index (χ1v) is 8.19. The predicted molar refractivity (Wildman–Crippen MR) is 75.2 cm³/mol. The number of benzene rings is 1. The number of aromatic nitrogens is 2. The van der Waals surface area contributed by atoms with Gasteiger partial charge in [-0.05, 0) is 18.4 Å². The Labute approximate surface area is 125 Å². The summed E-state index contributed by atoms with van der Waals surface area (Å²) in [4.78, 5) is 23.0. The van der Waals surface area contributed by atoms with Gasteiger partial charge in [-0.25, -0.2) is 4.39 Å². The molecule has 0 radical (unpaired) electrons. The fraction of sp³-hybridized carbons (Fsp3) is 0.0909. The van der Waals surface area contributed by atoms with Crippen molar-refractivity contribution in [3.8, 4) is 0 Å². The second kappa shape index (κ2) is 5.15. The molecular formula is C11H6FN3O2S3. The molecular weight excluding hydrogens is 321 g/mol. The van der Waals surface area contributed by atoms with E-state index in [0.717, 1.165) is 22.2 Å². The summed E-state index contributed by atoms with van der Waals surface area (Å²) >= 11 is 3.93. The average molecular weight is 327 g/mol. The third-order valence-electron chi connectivity index (χ3n) is 2.53. The Morgan fingerprint density at radius 1 is 1.25 bits per heavy atom. The van der Waals surface area contributed by atoms with Crippen molar-refractivity contribution in [2.75, 3.05) is 11.6 Å². The molecule has 1 aromatic heterocycles. The average Bonchev–Trinajstić information content (AvgIpc) is 2.98. The van der Waals surface area contributed by atoms with E-state index in [4.69, 9.17) is 0 Å². The fourth-order valence-electron chi connectivity index (χ4n) is 1.64. The molecule has 20 heavy (non-hydrogen) atoms. The van der Waals surface area contributed by atoms with E-state index in [1.165, 1.54) is 29.2 Å². The van der Waals surface area contributed by atoms with Gasteiger partial charge in [0.2, 0.25) is 0 Å². The van der Waals surface area contributed by atoms with Gasteiger partial charge in [0.25, 0.3) is 11.7 Å². The third kappa shape index (κ3) is 2.32. The Kier molecular flexibility index (Phi) is 3.48. The highest BCUT2D eigenvalue weighted by molar-refractivity contribution is 8.03. The highest BCUT2D eigenvalue weighted by Crippen LogP contribution is 2.37.